The SMILES string of the molecule is NCc1ccc(S(=O)(=O)NCC2(C3CC3)CC2)cn1. The first-order valence-electron chi connectivity index (χ1n) is 6.70. The quantitative estimate of drug-likeness (QED) is 0.815. The van der Waals surface area contributed by atoms with E-state index >= 15 is 0 Å². The molecule has 0 radical (unpaired) electrons. The average molecular weight is 281 g/mol. The highest BCUT2D eigenvalue weighted by Gasteiger charge is 2.53. The molecule has 0 spiro atoms. The van der Waals surface area contributed by atoms with Crippen LogP contribution in [0.5, 0.6) is 0 Å². The van der Waals surface area contributed by atoms with E-state index in [1.807, 2.05) is 0 Å². The summed E-state index contributed by atoms with van der Waals surface area (Å²) in [4.78, 5) is 4.25. The van der Waals surface area contributed by atoms with Gasteiger partial charge in [-0.3, -0.25) is 4.98 Å². The van der Waals surface area contributed by atoms with Gasteiger partial charge >= 0.3 is 0 Å². The summed E-state index contributed by atoms with van der Waals surface area (Å²) in [5.41, 5.74) is 6.40. The van der Waals surface area contributed by atoms with Crippen LogP contribution >= 0.6 is 0 Å². The van der Waals surface area contributed by atoms with E-state index in [2.05, 4.69) is 9.71 Å². The maximum Gasteiger partial charge on any atom is 0.242 e. The molecular weight excluding hydrogens is 262 g/mol. The van der Waals surface area contributed by atoms with E-state index < -0.39 is 10.0 Å². The summed E-state index contributed by atoms with van der Waals surface area (Å²) in [6.07, 6.45) is 6.21. The molecule has 5 nitrogen and oxygen atoms in total. The number of nitrogens with zero attached hydrogens (tertiary/aromatic N) is 1. The van der Waals surface area contributed by atoms with Gasteiger partial charge in [-0.1, -0.05) is 0 Å². The van der Waals surface area contributed by atoms with Crippen molar-refractivity contribution in [2.75, 3.05) is 6.54 Å². The average Bonchev–Trinajstić information content (AvgIpc) is 3.29. The van der Waals surface area contributed by atoms with Crippen molar-refractivity contribution in [1.29, 1.82) is 0 Å². The number of sulfonamides is 1. The number of hydrogen-bond acceptors (Lipinski definition) is 4. The summed E-state index contributed by atoms with van der Waals surface area (Å²) < 4.78 is 27.1. The fraction of sp³-hybridized carbons (Fsp3) is 0.615. The van der Waals surface area contributed by atoms with Crippen LogP contribution in [0.1, 0.15) is 31.4 Å². The molecule has 0 aromatic carbocycles. The van der Waals surface area contributed by atoms with Gasteiger partial charge in [0.1, 0.15) is 4.90 Å². The van der Waals surface area contributed by atoms with E-state index in [0.717, 1.165) is 18.8 Å². The number of nitrogens with two attached hydrogens (primary N) is 1. The molecule has 2 aliphatic rings. The predicted octanol–water partition coefficient (Wildman–Crippen LogP) is 1.01. The Morgan fingerprint density at radius 3 is 2.58 bits per heavy atom. The first-order chi connectivity index (χ1) is 9.06. The summed E-state index contributed by atoms with van der Waals surface area (Å²) >= 11 is 0. The lowest BCUT2D eigenvalue weighted by Gasteiger charge is -2.15. The number of hydrogen-bond donors (Lipinski definition) is 2. The van der Waals surface area contributed by atoms with Crippen molar-refractivity contribution in [1.82, 2.24) is 9.71 Å². The summed E-state index contributed by atoms with van der Waals surface area (Å²) in [5.74, 6) is 0.743. The van der Waals surface area contributed by atoms with Gasteiger partial charge in [-0.25, -0.2) is 13.1 Å². The fourth-order valence-corrected chi connectivity index (χ4v) is 3.68. The lowest BCUT2D eigenvalue weighted by Crippen LogP contribution is -2.31. The molecule has 1 aromatic rings. The Hall–Kier alpha value is -0.980. The van der Waals surface area contributed by atoms with Crippen molar-refractivity contribution in [3.05, 3.63) is 24.0 Å². The highest BCUT2D eigenvalue weighted by molar-refractivity contribution is 7.89. The highest BCUT2D eigenvalue weighted by Crippen LogP contribution is 2.60. The molecular formula is C13H19N3O2S. The van der Waals surface area contributed by atoms with Crippen molar-refractivity contribution in [3.63, 3.8) is 0 Å². The predicted molar refractivity (Wildman–Crippen MR) is 71.7 cm³/mol. The molecule has 0 unspecified atom stereocenters. The molecule has 0 amide bonds. The van der Waals surface area contributed by atoms with Gasteiger partial charge in [0.2, 0.25) is 10.0 Å². The molecule has 2 fully saturated rings. The Bertz CT molecular complexity index is 560. The Morgan fingerprint density at radius 1 is 1.37 bits per heavy atom. The maximum atomic E-state index is 12.2. The van der Waals surface area contributed by atoms with Crippen LogP contribution in [0, 0.1) is 11.3 Å². The minimum absolute atomic E-state index is 0.219. The second kappa shape index (κ2) is 4.54. The van der Waals surface area contributed by atoms with E-state index in [0.29, 0.717) is 18.8 Å². The second-order valence-electron chi connectivity index (χ2n) is 5.65. The van der Waals surface area contributed by atoms with E-state index in [9.17, 15) is 8.42 Å². The van der Waals surface area contributed by atoms with Crippen molar-refractivity contribution in [2.24, 2.45) is 17.1 Å². The molecule has 19 heavy (non-hydrogen) atoms. The lowest BCUT2D eigenvalue weighted by atomic mass is 10.0. The van der Waals surface area contributed by atoms with Crippen LogP contribution < -0.4 is 10.5 Å². The summed E-state index contributed by atoms with van der Waals surface area (Å²) in [6.45, 7) is 0.886. The van der Waals surface area contributed by atoms with Gasteiger partial charge in [-0.2, -0.15) is 0 Å². The van der Waals surface area contributed by atoms with E-state index in [1.165, 1.54) is 19.0 Å². The van der Waals surface area contributed by atoms with Gasteiger partial charge < -0.3 is 5.73 Å². The third-order valence-electron chi connectivity index (χ3n) is 4.27. The lowest BCUT2D eigenvalue weighted by molar-refractivity contribution is 0.432. The normalized spacial score (nSPS) is 21.3. The number of pyridine rings is 1. The fourth-order valence-electron chi connectivity index (χ4n) is 2.60. The molecule has 0 aliphatic heterocycles. The summed E-state index contributed by atoms with van der Waals surface area (Å²) in [5, 5.41) is 0. The van der Waals surface area contributed by atoms with Gasteiger partial charge in [0.25, 0.3) is 0 Å². The van der Waals surface area contributed by atoms with E-state index in [4.69, 9.17) is 5.73 Å². The van der Waals surface area contributed by atoms with Crippen LogP contribution in [0.15, 0.2) is 23.2 Å². The molecule has 1 aromatic heterocycles. The van der Waals surface area contributed by atoms with Crippen LogP contribution in [0.3, 0.4) is 0 Å². The first-order valence-corrected chi connectivity index (χ1v) is 8.19. The molecule has 0 atom stereocenters. The molecule has 1 heterocycles. The second-order valence-corrected chi connectivity index (χ2v) is 7.42. The monoisotopic (exact) mass is 281 g/mol. The number of rotatable bonds is 6. The summed E-state index contributed by atoms with van der Waals surface area (Å²) in [7, 11) is -3.44. The molecule has 0 bridgehead atoms. The summed E-state index contributed by atoms with van der Waals surface area (Å²) in [6, 6.07) is 3.22. The molecule has 6 heteroatoms. The standard InChI is InChI=1S/C13H19N3O2S/c14-7-11-3-4-12(8-15-11)19(17,18)16-9-13(5-6-13)10-1-2-10/h3-4,8,10,16H,1-2,5-7,9,14H2. The number of nitrogens with one attached hydrogen (secondary N) is 1. The first kappa shape index (κ1) is 13.0. The van der Waals surface area contributed by atoms with Crippen LogP contribution in [0.25, 0.3) is 0 Å². The van der Waals surface area contributed by atoms with Crippen LogP contribution in [-0.2, 0) is 16.6 Å². The van der Waals surface area contributed by atoms with Gasteiger partial charge in [-0.05, 0) is 49.1 Å². The Balaban J connectivity index is 1.67. The largest absolute Gasteiger partial charge is 0.325 e. The zero-order valence-corrected chi connectivity index (χ0v) is 11.6. The highest BCUT2D eigenvalue weighted by atomic mass is 32.2. The molecule has 2 aliphatic carbocycles. The number of aromatic nitrogens is 1. The van der Waals surface area contributed by atoms with E-state index in [1.54, 1.807) is 12.1 Å². The van der Waals surface area contributed by atoms with Gasteiger partial charge in [-0.15, -0.1) is 0 Å². The molecule has 3 rings (SSSR count). The molecule has 104 valence electrons. The molecule has 0 saturated heterocycles. The minimum atomic E-state index is -3.44. The van der Waals surface area contributed by atoms with Crippen LogP contribution in [0.2, 0.25) is 0 Å². The van der Waals surface area contributed by atoms with Crippen LogP contribution in [-0.4, -0.2) is 19.9 Å². The van der Waals surface area contributed by atoms with Crippen molar-refractivity contribution in [3.8, 4) is 0 Å². The minimum Gasteiger partial charge on any atom is -0.325 e. The zero-order valence-electron chi connectivity index (χ0n) is 10.8. The molecule has 2 saturated carbocycles. The Labute approximate surface area is 113 Å². The topological polar surface area (TPSA) is 85.1 Å². The third kappa shape index (κ3) is 2.66. The van der Waals surface area contributed by atoms with Gasteiger partial charge in [0.15, 0.2) is 0 Å². The third-order valence-corrected chi connectivity index (χ3v) is 5.65. The Kier molecular flexibility index (Phi) is 3.11. The maximum absolute atomic E-state index is 12.2. The smallest absolute Gasteiger partial charge is 0.242 e. The Morgan fingerprint density at radius 2 is 2.11 bits per heavy atom. The zero-order chi connectivity index (χ0) is 13.5. The van der Waals surface area contributed by atoms with Crippen LogP contribution in [0.4, 0.5) is 0 Å². The van der Waals surface area contributed by atoms with Crippen molar-refractivity contribution < 1.29 is 8.42 Å². The van der Waals surface area contributed by atoms with Gasteiger partial charge in [0, 0.05) is 19.3 Å². The van der Waals surface area contributed by atoms with Crippen molar-refractivity contribution >= 4 is 10.0 Å². The van der Waals surface area contributed by atoms with Gasteiger partial charge in [0.05, 0.1) is 5.69 Å². The van der Waals surface area contributed by atoms with E-state index in [-0.39, 0.29) is 10.3 Å². The molecule has 3 N–H and O–H groups in total. The van der Waals surface area contributed by atoms with Crippen molar-refractivity contribution in [2.45, 2.75) is 37.1 Å².